The molecule has 0 spiro atoms. The number of aryl methyl sites for hydroxylation is 1. The quantitative estimate of drug-likeness (QED) is 0.862. The van der Waals surface area contributed by atoms with Crippen LogP contribution in [0.15, 0.2) is 28.8 Å². The summed E-state index contributed by atoms with van der Waals surface area (Å²) in [5, 5.41) is 13.3. The number of phenolic OH excluding ortho intramolecular Hbond substituents is 1. The van der Waals surface area contributed by atoms with Crippen molar-refractivity contribution in [2.24, 2.45) is 0 Å². The van der Waals surface area contributed by atoms with Gasteiger partial charge in [-0.05, 0) is 26.0 Å². The Bertz CT molecular complexity index is 491. The van der Waals surface area contributed by atoms with Crippen molar-refractivity contribution >= 4 is 0 Å². The molecule has 1 heterocycles. The number of ether oxygens (including phenoxy) is 1. The largest absolute Gasteiger partial charge is 0.508 e. The van der Waals surface area contributed by atoms with Gasteiger partial charge in [-0.2, -0.15) is 0 Å². The summed E-state index contributed by atoms with van der Waals surface area (Å²) in [6, 6.07) is 6.99. The van der Waals surface area contributed by atoms with Gasteiger partial charge in [-0.1, -0.05) is 11.2 Å². The van der Waals surface area contributed by atoms with Crippen LogP contribution < -0.4 is 4.74 Å². The molecule has 2 aromatic rings. The Morgan fingerprint density at radius 3 is 2.88 bits per heavy atom. The van der Waals surface area contributed by atoms with Crippen molar-refractivity contribution in [1.82, 2.24) is 5.16 Å². The third-order valence-electron chi connectivity index (χ3n) is 2.30. The lowest BCUT2D eigenvalue weighted by atomic mass is 10.2. The van der Waals surface area contributed by atoms with Gasteiger partial charge < -0.3 is 14.4 Å². The minimum absolute atomic E-state index is 0.228. The topological polar surface area (TPSA) is 55.5 Å². The molecule has 16 heavy (non-hydrogen) atoms. The van der Waals surface area contributed by atoms with Crippen molar-refractivity contribution in [2.45, 2.75) is 20.5 Å². The smallest absolute Gasteiger partial charge is 0.174 e. The summed E-state index contributed by atoms with van der Waals surface area (Å²) in [6.45, 7) is 3.97. The van der Waals surface area contributed by atoms with Crippen LogP contribution in [0.25, 0.3) is 0 Å². The van der Waals surface area contributed by atoms with Crippen LogP contribution in [0.3, 0.4) is 0 Å². The predicted octanol–water partition coefficient (Wildman–Crippen LogP) is 2.58. The van der Waals surface area contributed by atoms with E-state index in [2.05, 4.69) is 5.16 Å². The van der Waals surface area contributed by atoms with Crippen LogP contribution in [-0.4, -0.2) is 10.3 Å². The first-order valence-electron chi connectivity index (χ1n) is 5.00. The second-order valence-electron chi connectivity index (χ2n) is 3.62. The van der Waals surface area contributed by atoms with Gasteiger partial charge in [0, 0.05) is 11.6 Å². The standard InChI is InChI=1S/C12H13NO3/c1-8-6-10(16-13-8)7-15-12-5-3-4-11(14)9(12)2/h3-6,14H,7H2,1-2H3. The molecule has 0 amide bonds. The van der Waals surface area contributed by atoms with Gasteiger partial charge in [-0.15, -0.1) is 0 Å². The SMILES string of the molecule is Cc1cc(COc2cccc(O)c2C)on1. The van der Waals surface area contributed by atoms with E-state index in [1.807, 2.05) is 13.0 Å². The minimum Gasteiger partial charge on any atom is -0.508 e. The lowest BCUT2D eigenvalue weighted by molar-refractivity contribution is 0.246. The van der Waals surface area contributed by atoms with Crippen molar-refractivity contribution in [3.8, 4) is 11.5 Å². The Labute approximate surface area is 93.5 Å². The molecule has 4 nitrogen and oxygen atoms in total. The van der Waals surface area contributed by atoms with E-state index in [1.54, 1.807) is 25.1 Å². The molecule has 0 saturated heterocycles. The van der Waals surface area contributed by atoms with E-state index in [-0.39, 0.29) is 5.75 Å². The van der Waals surface area contributed by atoms with Crippen LogP contribution in [0, 0.1) is 13.8 Å². The molecule has 1 aromatic heterocycles. The van der Waals surface area contributed by atoms with Crippen molar-refractivity contribution in [3.63, 3.8) is 0 Å². The van der Waals surface area contributed by atoms with Crippen molar-refractivity contribution < 1.29 is 14.4 Å². The number of benzene rings is 1. The zero-order chi connectivity index (χ0) is 11.5. The summed E-state index contributed by atoms with van der Waals surface area (Å²) in [5.41, 5.74) is 1.55. The first kappa shape index (κ1) is 10.5. The molecule has 1 N–H and O–H groups in total. The van der Waals surface area contributed by atoms with Gasteiger partial charge in [-0.3, -0.25) is 0 Å². The molecule has 0 aliphatic carbocycles. The van der Waals surface area contributed by atoms with Crippen LogP contribution in [0.5, 0.6) is 11.5 Å². The third-order valence-corrected chi connectivity index (χ3v) is 2.30. The zero-order valence-electron chi connectivity index (χ0n) is 9.23. The summed E-state index contributed by atoms with van der Waals surface area (Å²) in [4.78, 5) is 0. The zero-order valence-corrected chi connectivity index (χ0v) is 9.23. The van der Waals surface area contributed by atoms with E-state index in [9.17, 15) is 5.11 Å². The Morgan fingerprint density at radius 2 is 2.19 bits per heavy atom. The van der Waals surface area contributed by atoms with Crippen molar-refractivity contribution in [2.75, 3.05) is 0 Å². The van der Waals surface area contributed by atoms with Crippen LogP contribution in [-0.2, 0) is 6.61 Å². The van der Waals surface area contributed by atoms with E-state index < -0.39 is 0 Å². The summed E-state index contributed by atoms with van der Waals surface area (Å²) in [6.07, 6.45) is 0. The molecule has 0 radical (unpaired) electrons. The van der Waals surface area contributed by atoms with Gasteiger partial charge in [-0.25, -0.2) is 0 Å². The number of aromatic nitrogens is 1. The van der Waals surface area contributed by atoms with Gasteiger partial charge in [0.1, 0.15) is 18.1 Å². The molecule has 0 atom stereocenters. The second-order valence-corrected chi connectivity index (χ2v) is 3.62. The summed E-state index contributed by atoms with van der Waals surface area (Å²) < 4.78 is 10.5. The van der Waals surface area contributed by atoms with E-state index in [1.165, 1.54) is 0 Å². The Kier molecular flexibility index (Phi) is 2.81. The number of hydrogen-bond donors (Lipinski definition) is 1. The molecular formula is C12H13NO3. The van der Waals surface area contributed by atoms with E-state index in [4.69, 9.17) is 9.26 Å². The molecule has 0 aliphatic heterocycles. The van der Waals surface area contributed by atoms with Gasteiger partial charge >= 0.3 is 0 Å². The third kappa shape index (κ3) is 2.16. The lowest BCUT2D eigenvalue weighted by Crippen LogP contribution is -1.95. The molecule has 4 heteroatoms. The van der Waals surface area contributed by atoms with E-state index in [0.29, 0.717) is 18.1 Å². The lowest BCUT2D eigenvalue weighted by Gasteiger charge is -2.07. The minimum atomic E-state index is 0.228. The average Bonchev–Trinajstić information content (AvgIpc) is 2.67. The fourth-order valence-electron chi connectivity index (χ4n) is 1.39. The summed E-state index contributed by atoms with van der Waals surface area (Å²) >= 11 is 0. The van der Waals surface area contributed by atoms with Gasteiger partial charge in [0.25, 0.3) is 0 Å². The maximum absolute atomic E-state index is 9.49. The summed E-state index contributed by atoms with van der Waals surface area (Å²) in [7, 11) is 0. The number of phenols is 1. The number of rotatable bonds is 3. The second kappa shape index (κ2) is 4.26. The first-order chi connectivity index (χ1) is 7.66. The van der Waals surface area contributed by atoms with E-state index in [0.717, 1.165) is 11.3 Å². The van der Waals surface area contributed by atoms with Crippen molar-refractivity contribution in [1.29, 1.82) is 0 Å². The van der Waals surface area contributed by atoms with Crippen LogP contribution >= 0.6 is 0 Å². The molecule has 2 rings (SSSR count). The fourth-order valence-corrected chi connectivity index (χ4v) is 1.39. The number of nitrogens with zero attached hydrogens (tertiary/aromatic N) is 1. The maximum atomic E-state index is 9.49. The Balaban J connectivity index is 2.07. The van der Waals surface area contributed by atoms with Crippen LogP contribution in [0.4, 0.5) is 0 Å². The highest BCUT2D eigenvalue weighted by Gasteiger charge is 2.06. The normalized spacial score (nSPS) is 10.4. The van der Waals surface area contributed by atoms with Crippen LogP contribution in [0.1, 0.15) is 17.0 Å². The number of aromatic hydroxyl groups is 1. The molecule has 1 aromatic carbocycles. The van der Waals surface area contributed by atoms with Gasteiger partial charge in [0.15, 0.2) is 5.76 Å². The Hall–Kier alpha value is -1.97. The average molecular weight is 219 g/mol. The molecule has 0 bridgehead atoms. The maximum Gasteiger partial charge on any atom is 0.174 e. The van der Waals surface area contributed by atoms with Gasteiger partial charge in [0.2, 0.25) is 0 Å². The van der Waals surface area contributed by atoms with E-state index >= 15 is 0 Å². The monoisotopic (exact) mass is 219 g/mol. The highest BCUT2D eigenvalue weighted by atomic mass is 16.5. The summed E-state index contributed by atoms with van der Waals surface area (Å²) in [5.74, 6) is 1.54. The number of hydrogen-bond acceptors (Lipinski definition) is 4. The highest BCUT2D eigenvalue weighted by molar-refractivity contribution is 5.42. The molecule has 0 unspecified atom stereocenters. The molecular weight excluding hydrogens is 206 g/mol. The molecule has 0 aliphatic rings. The predicted molar refractivity (Wildman–Crippen MR) is 58.4 cm³/mol. The Morgan fingerprint density at radius 1 is 1.38 bits per heavy atom. The molecule has 0 saturated carbocycles. The van der Waals surface area contributed by atoms with Gasteiger partial charge in [0.05, 0.1) is 5.69 Å². The first-order valence-corrected chi connectivity index (χ1v) is 5.00. The van der Waals surface area contributed by atoms with Crippen molar-refractivity contribution in [3.05, 3.63) is 41.3 Å². The molecule has 84 valence electrons. The fraction of sp³-hybridized carbons (Fsp3) is 0.250. The molecule has 0 fully saturated rings. The highest BCUT2D eigenvalue weighted by Crippen LogP contribution is 2.26. The van der Waals surface area contributed by atoms with Crippen LogP contribution in [0.2, 0.25) is 0 Å².